The predicted octanol–water partition coefficient (Wildman–Crippen LogP) is 3.91. The quantitative estimate of drug-likeness (QED) is 0.386. The first-order chi connectivity index (χ1) is 16.3. The Bertz CT molecular complexity index is 942. The zero-order valence-corrected chi connectivity index (χ0v) is 20.8. The van der Waals surface area contributed by atoms with E-state index in [0.717, 1.165) is 25.2 Å². The number of amides is 1. The Morgan fingerprint density at radius 3 is 2.38 bits per heavy atom. The van der Waals surface area contributed by atoms with Crippen LogP contribution in [0.2, 0.25) is 0 Å². The molecular formula is C26H37N3O5. The molecule has 0 unspecified atom stereocenters. The number of hydrogen-bond donors (Lipinski definition) is 0. The summed E-state index contributed by atoms with van der Waals surface area (Å²) in [5.41, 5.74) is 0.0762. The zero-order chi connectivity index (χ0) is 24.6. The summed E-state index contributed by atoms with van der Waals surface area (Å²) in [6, 6.07) is 6.89. The zero-order valence-electron chi connectivity index (χ0n) is 20.8. The van der Waals surface area contributed by atoms with Gasteiger partial charge < -0.3 is 23.7 Å². The highest BCUT2D eigenvalue weighted by Crippen LogP contribution is 2.28. The third kappa shape index (κ3) is 7.14. The minimum atomic E-state index is -0.623. The van der Waals surface area contributed by atoms with Crippen molar-refractivity contribution in [1.29, 1.82) is 0 Å². The van der Waals surface area contributed by atoms with Gasteiger partial charge in [-0.3, -0.25) is 4.79 Å². The Balaban J connectivity index is 1.57. The Morgan fingerprint density at radius 2 is 1.71 bits per heavy atom. The van der Waals surface area contributed by atoms with Crippen LogP contribution in [-0.4, -0.2) is 71.4 Å². The molecule has 8 heteroatoms. The van der Waals surface area contributed by atoms with Crippen molar-refractivity contribution in [2.75, 3.05) is 39.5 Å². The van der Waals surface area contributed by atoms with Crippen LogP contribution in [0.5, 0.6) is 0 Å². The Hall–Kier alpha value is -2.71. The number of benzene rings is 1. The van der Waals surface area contributed by atoms with Crippen molar-refractivity contribution in [3.8, 4) is 0 Å². The molecule has 0 saturated carbocycles. The Kier molecular flexibility index (Phi) is 9.24. The Morgan fingerprint density at radius 1 is 1.03 bits per heavy atom. The number of likely N-dealkylation sites (tertiary alicyclic amines) is 1. The first-order valence-corrected chi connectivity index (χ1v) is 12.1. The molecule has 34 heavy (non-hydrogen) atoms. The number of carbonyl (C=O) groups excluding carboxylic acids is 2. The molecular weight excluding hydrogens is 434 g/mol. The van der Waals surface area contributed by atoms with Gasteiger partial charge in [-0.2, -0.15) is 0 Å². The van der Waals surface area contributed by atoms with Crippen LogP contribution in [0, 0.1) is 0 Å². The molecule has 186 valence electrons. The predicted molar refractivity (Wildman–Crippen MR) is 129 cm³/mol. The standard InChI is InChI=1S/C26H37N3O5/c1-5-32-18-19-33-17-16-28-15-12-27-23(28)20-10-13-29(14-11-20)24(30)21-8-6-7-9-22(21)25(31)34-26(2,3)4/h6-9,12,15,20H,5,10-11,13-14,16-19H2,1-4H3. The highest BCUT2D eigenvalue weighted by atomic mass is 16.6. The lowest BCUT2D eigenvalue weighted by Gasteiger charge is -2.32. The van der Waals surface area contributed by atoms with Gasteiger partial charge in [-0.1, -0.05) is 12.1 Å². The largest absolute Gasteiger partial charge is 0.456 e. The highest BCUT2D eigenvalue weighted by molar-refractivity contribution is 6.05. The van der Waals surface area contributed by atoms with Gasteiger partial charge in [0.15, 0.2) is 0 Å². The molecule has 8 nitrogen and oxygen atoms in total. The topological polar surface area (TPSA) is 82.9 Å². The van der Waals surface area contributed by atoms with Crippen LogP contribution in [0.3, 0.4) is 0 Å². The van der Waals surface area contributed by atoms with Gasteiger partial charge in [0.25, 0.3) is 5.91 Å². The maximum Gasteiger partial charge on any atom is 0.339 e. The molecule has 0 radical (unpaired) electrons. The van der Waals surface area contributed by atoms with Gasteiger partial charge >= 0.3 is 5.97 Å². The summed E-state index contributed by atoms with van der Waals surface area (Å²) < 4.78 is 18.6. The second kappa shape index (κ2) is 12.1. The molecule has 1 aliphatic rings. The molecule has 1 fully saturated rings. The number of ether oxygens (including phenoxy) is 3. The fourth-order valence-electron chi connectivity index (χ4n) is 4.09. The van der Waals surface area contributed by atoms with Gasteiger partial charge in [-0.25, -0.2) is 9.78 Å². The molecule has 1 aromatic heterocycles. The van der Waals surface area contributed by atoms with Crippen LogP contribution in [-0.2, 0) is 20.8 Å². The van der Waals surface area contributed by atoms with E-state index >= 15 is 0 Å². The van der Waals surface area contributed by atoms with Crippen molar-refractivity contribution in [1.82, 2.24) is 14.5 Å². The lowest BCUT2D eigenvalue weighted by molar-refractivity contribution is 0.00664. The molecule has 0 bridgehead atoms. The van der Waals surface area contributed by atoms with E-state index in [1.807, 2.05) is 45.0 Å². The molecule has 0 atom stereocenters. The molecule has 1 aromatic carbocycles. The number of nitrogens with zero attached hydrogens (tertiary/aromatic N) is 3. The van der Waals surface area contributed by atoms with Crippen molar-refractivity contribution in [2.45, 2.75) is 58.6 Å². The maximum absolute atomic E-state index is 13.3. The lowest BCUT2D eigenvalue weighted by atomic mass is 9.95. The average Bonchev–Trinajstić information content (AvgIpc) is 3.28. The second-order valence-electron chi connectivity index (χ2n) is 9.40. The Labute approximate surface area is 202 Å². The number of rotatable bonds is 10. The van der Waals surface area contributed by atoms with Gasteiger partial charge in [0.05, 0.1) is 30.9 Å². The van der Waals surface area contributed by atoms with E-state index in [4.69, 9.17) is 14.2 Å². The summed E-state index contributed by atoms with van der Waals surface area (Å²) in [7, 11) is 0. The van der Waals surface area contributed by atoms with E-state index in [1.54, 1.807) is 24.3 Å². The number of imidazole rings is 1. The van der Waals surface area contributed by atoms with Crippen LogP contribution < -0.4 is 0 Å². The summed E-state index contributed by atoms with van der Waals surface area (Å²) >= 11 is 0. The van der Waals surface area contributed by atoms with Gasteiger partial charge in [0.1, 0.15) is 11.4 Å². The molecule has 1 saturated heterocycles. The molecule has 0 aliphatic carbocycles. The van der Waals surface area contributed by atoms with E-state index < -0.39 is 11.6 Å². The normalized spacial score (nSPS) is 14.9. The third-order valence-corrected chi connectivity index (χ3v) is 5.72. The SMILES string of the molecule is CCOCCOCCn1ccnc1C1CCN(C(=O)c2ccccc2C(=O)OC(C)(C)C)CC1. The van der Waals surface area contributed by atoms with Crippen LogP contribution >= 0.6 is 0 Å². The van der Waals surface area contributed by atoms with E-state index in [-0.39, 0.29) is 11.8 Å². The third-order valence-electron chi connectivity index (χ3n) is 5.72. The van der Waals surface area contributed by atoms with E-state index in [2.05, 4.69) is 9.55 Å². The minimum absolute atomic E-state index is 0.133. The van der Waals surface area contributed by atoms with Gasteiger partial charge in [-0.05, 0) is 52.7 Å². The van der Waals surface area contributed by atoms with Gasteiger partial charge in [0.2, 0.25) is 0 Å². The molecule has 0 N–H and O–H groups in total. The lowest BCUT2D eigenvalue weighted by Crippen LogP contribution is -2.39. The van der Waals surface area contributed by atoms with E-state index in [9.17, 15) is 9.59 Å². The van der Waals surface area contributed by atoms with Crippen LogP contribution in [0.15, 0.2) is 36.7 Å². The molecule has 2 aromatic rings. The van der Waals surface area contributed by atoms with Crippen molar-refractivity contribution in [3.63, 3.8) is 0 Å². The van der Waals surface area contributed by atoms with Gasteiger partial charge in [0, 0.05) is 44.6 Å². The van der Waals surface area contributed by atoms with Crippen LogP contribution in [0.1, 0.15) is 73.0 Å². The smallest absolute Gasteiger partial charge is 0.339 e. The average molecular weight is 472 g/mol. The van der Waals surface area contributed by atoms with E-state index in [1.165, 1.54) is 0 Å². The summed E-state index contributed by atoms with van der Waals surface area (Å²) in [4.78, 5) is 32.3. The van der Waals surface area contributed by atoms with Crippen LogP contribution in [0.4, 0.5) is 0 Å². The van der Waals surface area contributed by atoms with Crippen molar-refractivity contribution in [2.24, 2.45) is 0 Å². The fraction of sp³-hybridized carbons (Fsp3) is 0.577. The number of aromatic nitrogens is 2. The second-order valence-corrected chi connectivity index (χ2v) is 9.40. The molecule has 0 spiro atoms. The first kappa shape index (κ1) is 25.9. The monoisotopic (exact) mass is 471 g/mol. The fourth-order valence-corrected chi connectivity index (χ4v) is 4.09. The number of carbonyl (C=O) groups is 2. The molecule has 2 heterocycles. The minimum Gasteiger partial charge on any atom is -0.456 e. The number of piperidine rings is 1. The summed E-state index contributed by atoms with van der Waals surface area (Å²) in [5, 5.41) is 0. The molecule has 1 aliphatic heterocycles. The summed E-state index contributed by atoms with van der Waals surface area (Å²) in [6.07, 6.45) is 5.45. The van der Waals surface area contributed by atoms with E-state index in [0.29, 0.717) is 50.6 Å². The number of esters is 1. The van der Waals surface area contributed by atoms with Crippen molar-refractivity contribution < 1.29 is 23.8 Å². The molecule has 3 rings (SSSR count). The summed E-state index contributed by atoms with van der Waals surface area (Å²) in [6.45, 7) is 11.9. The number of hydrogen-bond acceptors (Lipinski definition) is 6. The highest BCUT2D eigenvalue weighted by Gasteiger charge is 2.29. The van der Waals surface area contributed by atoms with Crippen molar-refractivity contribution >= 4 is 11.9 Å². The van der Waals surface area contributed by atoms with Crippen LogP contribution in [0.25, 0.3) is 0 Å². The first-order valence-electron chi connectivity index (χ1n) is 12.1. The summed E-state index contributed by atoms with van der Waals surface area (Å²) in [5.74, 6) is 0.709. The van der Waals surface area contributed by atoms with Gasteiger partial charge in [-0.15, -0.1) is 0 Å². The van der Waals surface area contributed by atoms with Crippen molar-refractivity contribution in [3.05, 3.63) is 53.6 Å². The molecule has 1 amide bonds. The maximum atomic E-state index is 13.3.